The molecule has 0 saturated carbocycles. The molecule has 3 aromatic rings. The van der Waals surface area contributed by atoms with Crippen LogP contribution in [-0.4, -0.2) is 37.7 Å². The summed E-state index contributed by atoms with van der Waals surface area (Å²) < 4.78 is 5.39. The van der Waals surface area contributed by atoms with Crippen molar-refractivity contribution in [1.82, 2.24) is 25.2 Å². The zero-order valence-corrected chi connectivity index (χ0v) is 14.1. The maximum absolute atomic E-state index is 12.0. The monoisotopic (exact) mass is 344 g/mol. The Kier molecular flexibility index (Phi) is 4.80. The van der Waals surface area contributed by atoms with Crippen molar-refractivity contribution in [2.75, 3.05) is 11.9 Å². The predicted octanol–water partition coefficient (Wildman–Crippen LogP) is 2.14. The summed E-state index contributed by atoms with van der Waals surface area (Å²) in [6.07, 6.45) is 0. The zero-order valence-electron chi connectivity index (χ0n) is 13.3. The van der Waals surface area contributed by atoms with Gasteiger partial charge in [0.2, 0.25) is 11.7 Å². The lowest BCUT2D eigenvalue weighted by Gasteiger charge is -2.02. The Bertz CT molecular complexity index is 827. The Morgan fingerprint density at radius 1 is 1.33 bits per heavy atom. The molecule has 3 rings (SSSR count). The normalized spacial score (nSPS) is 10.6. The SMILES string of the molecule is CCOc1ccc(-c2nnn(CC(=O)Nc3nc(C)cs3)n2)cc1. The van der Waals surface area contributed by atoms with Crippen LogP contribution in [0.15, 0.2) is 29.6 Å². The number of carbonyl (C=O) groups is 1. The van der Waals surface area contributed by atoms with Gasteiger partial charge in [-0.25, -0.2) is 4.98 Å². The predicted molar refractivity (Wildman–Crippen MR) is 89.9 cm³/mol. The van der Waals surface area contributed by atoms with Gasteiger partial charge in [0.15, 0.2) is 5.13 Å². The molecule has 8 nitrogen and oxygen atoms in total. The van der Waals surface area contributed by atoms with Crippen LogP contribution in [0.2, 0.25) is 0 Å². The number of amides is 1. The van der Waals surface area contributed by atoms with E-state index in [1.165, 1.54) is 16.1 Å². The van der Waals surface area contributed by atoms with E-state index in [1.54, 1.807) is 0 Å². The van der Waals surface area contributed by atoms with Crippen molar-refractivity contribution in [2.24, 2.45) is 0 Å². The number of hydrogen-bond donors (Lipinski definition) is 1. The standard InChI is InChI=1S/C15H16N6O2S/c1-3-23-12-6-4-11(5-7-12)14-18-20-21(19-14)8-13(22)17-15-16-10(2)9-24-15/h4-7,9H,3,8H2,1-2H3,(H,16,17,22). The Labute approximate surface area is 142 Å². The molecule has 0 fully saturated rings. The molecule has 0 aliphatic carbocycles. The third-order valence-corrected chi connectivity index (χ3v) is 3.90. The van der Waals surface area contributed by atoms with Crippen LogP contribution in [0.3, 0.4) is 0 Å². The molecular weight excluding hydrogens is 328 g/mol. The first-order valence-corrected chi connectivity index (χ1v) is 8.25. The number of hydrogen-bond acceptors (Lipinski definition) is 7. The van der Waals surface area contributed by atoms with Gasteiger partial charge in [-0.2, -0.15) is 4.80 Å². The van der Waals surface area contributed by atoms with Crippen LogP contribution in [0.5, 0.6) is 5.75 Å². The molecule has 1 aromatic carbocycles. The molecule has 2 aromatic heterocycles. The molecule has 2 heterocycles. The smallest absolute Gasteiger partial charge is 0.249 e. The number of thiazole rings is 1. The molecule has 0 atom stereocenters. The highest BCUT2D eigenvalue weighted by molar-refractivity contribution is 7.13. The summed E-state index contributed by atoms with van der Waals surface area (Å²) in [5, 5.41) is 17.2. The Balaban J connectivity index is 1.63. The number of carbonyl (C=O) groups excluding carboxylic acids is 1. The fraction of sp³-hybridized carbons (Fsp3) is 0.267. The number of rotatable bonds is 6. The average Bonchev–Trinajstić information content (AvgIpc) is 3.18. The molecule has 0 radical (unpaired) electrons. The summed E-state index contributed by atoms with van der Waals surface area (Å²) in [5.41, 5.74) is 1.67. The number of nitrogens with zero attached hydrogens (tertiary/aromatic N) is 5. The van der Waals surface area contributed by atoms with E-state index >= 15 is 0 Å². The minimum atomic E-state index is -0.250. The quantitative estimate of drug-likeness (QED) is 0.736. The number of tetrazole rings is 1. The fourth-order valence-corrected chi connectivity index (χ4v) is 2.70. The van der Waals surface area contributed by atoms with Gasteiger partial charge in [0, 0.05) is 10.9 Å². The van der Waals surface area contributed by atoms with E-state index in [0.717, 1.165) is 17.0 Å². The van der Waals surface area contributed by atoms with Crippen LogP contribution in [0.4, 0.5) is 5.13 Å². The van der Waals surface area contributed by atoms with E-state index < -0.39 is 0 Å². The highest BCUT2D eigenvalue weighted by atomic mass is 32.1. The minimum Gasteiger partial charge on any atom is -0.494 e. The average molecular weight is 344 g/mol. The summed E-state index contributed by atoms with van der Waals surface area (Å²) in [5.74, 6) is 0.989. The molecule has 0 bridgehead atoms. The van der Waals surface area contributed by atoms with Crippen molar-refractivity contribution in [3.8, 4) is 17.1 Å². The number of benzene rings is 1. The van der Waals surface area contributed by atoms with Gasteiger partial charge in [0.25, 0.3) is 0 Å². The van der Waals surface area contributed by atoms with Crippen molar-refractivity contribution in [3.05, 3.63) is 35.3 Å². The third kappa shape index (κ3) is 3.93. The highest BCUT2D eigenvalue weighted by Crippen LogP contribution is 2.18. The van der Waals surface area contributed by atoms with E-state index in [-0.39, 0.29) is 12.5 Å². The zero-order chi connectivity index (χ0) is 16.9. The minimum absolute atomic E-state index is 0.0251. The fourth-order valence-electron chi connectivity index (χ4n) is 1.99. The van der Waals surface area contributed by atoms with Crippen molar-refractivity contribution in [2.45, 2.75) is 20.4 Å². The van der Waals surface area contributed by atoms with Crippen molar-refractivity contribution in [1.29, 1.82) is 0 Å². The maximum atomic E-state index is 12.0. The lowest BCUT2D eigenvalue weighted by atomic mass is 10.2. The van der Waals surface area contributed by atoms with Crippen LogP contribution in [0, 0.1) is 6.92 Å². The second-order valence-electron chi connectivity index (χ2n) is 4.94. The second kappa shape index (κ2) is 7.18. The summed E-state index contributed by atoms with van der Waals surface area (Å²) in [6.45, 7) is 4.39. The first-order valence-electron chi connectivity index (χ1n) is 7.37. The van der Waals surface area contributed by atoms with Crippen LogP contribution in [-0.2, 0) is 11.3 Å². The van der Waals surface area contributed by atoms with E-state index in [9.17, 15) is 4.79 Å². The molecule has 24 heavy (non-hydrogen) atoms. The van der Waals surface area contributed by atoms with Crippen LogP contribution >= 0.6 is 11.3 Å². The molecular formula is C15H16N6O2S. The van der Waals surface area contributed by atoms with E-state index in [2.05, 4.69) is 25.7 Å². The Hall–Kier alpha value is -2.81. The van der Waals surface area contributed by atoms with Crippen LogP contribution in [0.25, 0.3) is 11.4 Å². The summed E-state index contributed by atoms with van der Waals surface area (Å²) in [6, 6.07) is 7.39. The molecule has 0 aliphatic rings. The number of aryl methyl sites for hydroxylation is 1. The van der Waals surface area contributed by atoms with Gasteiger partial charge in [-0.3, -0.25) is 4.79 Å². The molecule has 0 saturated heterocycles. The van der Waals surface area contributed by atoms with Crippen molar-refractivity contribution in [3.63, 3.8) is 0 Å². The van der Waals surface area contributed by atoms with Gasteiger partial charge in [-0.05, 0) is 43.3 Å². The van der Waals surface area contributed by atoms with E-state index in [0.29, 0.717) is 17.6 Å². The second-order valence-corrected chi connectivity index (χ2v) is 5.80. The van der Waals surface area contributed by atoms with Crippen LogP contribution < -0.4 is 10.1 Å². The van der Waals surface area contributed by atoms with Gasteiger partial charge in [0.05, 0.1) is 12.3 Å². The Morgan fingerprint density at radius 2 is 2.12 bits per heavy atom. The Morgan fingerprint density at radius 3 is 2.79 bits per heavy atom. The van der Waals surface area contributed by atoms with Gasteiger partial charge in [-0.1, -0.05) is 0 Å². The van der Waals surface area contributed by atoms with E-state index in [1.807, 2.05) is 43.5 Å². The maximum Gasteiger partial charge on any atom is 0.249 e. The van der Waals surface area contributed by atoms with Gasteiger partial charge in [-0.15, -0.1) is 21.5 Å². The molecule has 0 spiro atoms. The first kappa shape index (κ1) is 16.1. The summed E-state index contributed by atoms with van der Waals surface area (Å²) in [4.78, 5) is 17.4. The molecule has 1 N–H and O–H groups in total. The molecule has 124 valence electrons. The van der Waals surface area contributed by atoms with Crippen molar-refractivity contribution < 1.29 is 9.53 Å². The number of aromatic nitrogens is 5. The van der Waals surface area contributed by atoms with E-state index in [4.69, 9.17) is 4.74 Å². The topological polar surface area (TPSA) is 94.8 Å². The first-order chi connectivity index (χ1) is 11.6. The van der Waals surface area contributed by atoms with Gasteiger partial charge in [0.1, 0.15) is 12.3 Å². The highest BCUT2D eigenvalue weighted by Gasteiger charge is 2.11. The lowest BCUT2D eigenvalue weighted by molar-refractivity contribution is -0.117. The largest absolute Gasteiger partial charge is 0.494 e. The third-order valence-electron chi connectivity index (χ3n) is 3.03. The van der Waals surface area contributed by atoms with Crippen LogP contribution in [0.1, 0.15) is 12.6 Å². The van der Waals surface area contributed by atoms with Gasteiger partial charge >= 0.3 is 0 Å². The molecule has 0 unspecified atom stereocenters. The molecule has 9 heteroatoms. The summed E-state index contributed by atoms with van der Waals surface area (Å²) >= 11 is 1.38. The number of anilines is 1. The molecule has 1 amide bonds. The van der Waals surface area contributed by atoms with Crippen molar-refractivity contribution >= 4 is 22.4 Å². The number of ether oxygens (including phenoxy) is 1. The molecule has 0 aliphatic heterocycles. The lowest BCUT2D eigenvalue weighted by Crippen LogP contribution is -2.20. The number of nitrogens with one attached hydrogen (secondary N) is 1. The van der Waals surface area contributed by atoms with Gasteiger partial charge < -0.3 is 10.1 Å². The summed E-state index contributed by atoms with van der Waals surface area (Å²) in [7, 11) is 0.